The molecule has 0 atom stereocenters. The van der Waals surface area contributed by atoms with Crippen molar-refractivity contribution >= 4 is 76.3 Å². The molecule has 0 saturated carbocycles. The van der Waals surface area contributed by atoms with Crippen molar-refractivity contribution in [1.82, 2.24) is 23.7 Å². The van der Waals surface area contributed by atoms with E-state index in [1.54, 1.807) is 0 Å². The highest BCUT2D eigenvalue weighted by molar-refractivity contribution is 6.18. The van der Waals surface area contributed by atoms with E-state index in [-0.39, 0.29) is 16.2 Å². The van der Waals surface area contributed by atoms with Crippen LogP contribution in [0.4, 0.5) is 0 Å². The molecule has 0 fully saturated rings. The molecular formula is C89H63N5. The second-order valence-corrected chi connectivity index (χ2v) is 28.0. The Bertz CT molecular complexity index is 6200. The molecule has 0 saturated heterocycles. The number of para-hydroxylation sites is 3. The van der Waals surface area contributed by atoms with Gasteiger partial charge in [0.25, 0.3) is 0 Å². The zero-order valence-corrected chi connectivity index (χ0v) is 53.2. The van der Waals surface area contributed by atoms with E-state index < -0.39 is 0 Å². The lowest BCUT2D eigenvalue weighted by atomic mass is 9.82. The maximum atomic E-state index is 5.81. The molecular weight excluding hydrogens is 1140 g/mol. The lowest BCUT2D eigenvalue weighted by Gasteiger charge is -2.21. The number of fused-ring (bicyclic) bond motifs is 22. The molecule has 0 N–H and O–H groups in total. The molecule has 0 radical (unpaired) electrons. The van der Waals surface area contributed by atoms with Crippen molar-refractivity contribution in [3.8, 4) is 84.2 Å². The summed E-state index contributed by atoms with van der Waals surface area (Å²) in [5.41, 5.74) is 32.0. The van der Waals surface area contributed by atoms with Gasteiger partial charge in [-0.2, -0.15) is 0 Å². The van der Waals surface area contributed by atoms with E-state index in [0.29, 0.717) is 5.82 Å². The second-order valence-electron chi connectivity index (χ2n) is 28.0. The molecule has 3 aliphatic carbocycles. The van der Waals surface area contributed by atoms with Crippen LogP contribution in [0, 0.1) is 0 Å². The number of rotatable bonds is 6. The maximum absolute atomic E-state index is 5.81. The van der Waals surface area contributed by atoms with E-state index in [9.17, 15) is 0 Å². The average molecular weight is 1200 g/mol. The topological polar surface area (TPSA) is 40.6 Å². The van der Waals surface area contributed by atoms with Crippen molar-refractivity contribution in [2.45, 2.75) is 57.8 Å². The Morgan fingerprint density at radius 2 is 0.649 bits per heavy atom. The van der Waals surface area contributed by atoms with Gasteiger partial charge in [-0.1, -0.05) is 248 Å². The Morgan fingerprint density at radius 1 is 0.255 bits per heavy atom. The van der Waals surface area contributed by atoms with Gasteiger partial charge >= 0.3 is 0 Å². The summed E-state index contributed by atoms with van der Waals surface area (Å²) < 4.78 is 7.50. The van der Waals surface area contributed by atoms with E-state index in [1.165, 1.54) is 132 Å². The van der Waals surface area contributed by atoms with Gasteiger partial charge in [0.15, 0.2) is 5.82 Å². The smallest absolute Gasteiger partial charge is 0.160 e. The highest BCUT2D eigenvalue weighted by atomic mass is 15.0. The minimum Gasteiger partial charge on any atom is -0.309 e. The van der Waals surface area contributed by atoms with E-state index in [0.717, 1.165) is 55.9 Å². The van der Waals surface area contributed by atoms with Crippen molar-refractivity contribution in [2.24, 2.45) is 0 Å². The highest BCUT2D eigenvalue weighted by Gasteiger charge is 2.41. The van der Waals surface area contributed by atoms with Crippen LogP contribution < -0.4 is 0 Å². The lowest BCUT2D eigenvalue weighted by molar-refractivity contribution is 0.660. The van der Waals surface area contributed by atoms with Crippen LogP contribution >= 0.6 is 0 Å². The van der Waals surface area contributed by atoms with Crippen molar-refractivity contribution < 1.29 is 0 Å². The summed E-state index contributed by atoms with van der Waals surface area (Å²) in [6, 6.07) is 102. The highest BCUT2D eigenvalue weighted by Crippen LogP contribution is 2.57. The molecule has 4 aromatic heterocycles. The molecule has 4 heterocycles. The number of benzene rings is 13. The average Bonchev–Trinajstić information content (AvgIpc) is 1.55. The van der Waals surface area contributed by atoms with Gasteiger partial charge in [0, 0.05) is 98.8 Å². The Hall–Kier alpha value is -11.4. The van der Waals surface area contributed by atoms with Gasteiger partial charge in [0.05, 0.1) is 44.3 Å². The molecule has 94 heavy (non-hydrogen) atoms. The number of hydrogen-bond acceptors (Lipinski definition) is 2. The molecule has 5 heteroatoms. The standard InChI is InChI=1S/C89H63N5/c1-87(2)69-31-13-7-28-65(69)79-72(87)45-42-62-59-25-10-16-34-76(59)92(83(62)79)56-40-37-52(38-41-56)53-39-48-75-68(51-53)82(54-21-19-23-57(49-54)93-77-35-17-11-26-60(77)63-43-46-73-80(84(63)93)66-29-8-14-32-70(66)88(73,3)4)91-86(90-75)55-22-20-24-58(50-55)94-78-36-18-12-27-61(78)64-44-47-74-81(85(64)94)67-30-9-15-33-71(67)89(74,5)6/h7-51H,1-6H3. The molecule has 0 amide bonds. The number of nitrogens with zero attached hydrogens (tertiary/aromatic N) is 5. The minimum atomic E-state index is -0.159. The molecule has 5 nitrogen and oxygen atoms in total. The summed E-state index contributed by atoms with van der Waals surface area (Å²) in [5.74, 6) is 0.668. The predicted octanol–water partition coefficient (Wildman–Crippen LogP) is 22.8. The lowest BCUT2D eigenvalue weighted by Crippen LogP contribution is -2.14. The molecule has 0 unspecified atom stereocenters. The molecule has 3 aliphatic rings. The van der Waals surface area contributed by atoms with Crippen LogP contribution in [-0.4, -0.2) is 23.7 Å². The molecule has 444 valence electrons. The first kappa shape index (κ1) is 53.3. The summed E-state index contributed by atoms with van der Waals surface area (Å²) in [6.45, 7) is 14.2. The fourth-order valence-corrected chi connectivity index (χ4v) is 17.6. The van der Waals surface area contributed by atoms with E-state index in [2.05, 4.69) is 328 Å². The normalized spacial score (nSPS) is 14.5. The third-order valence-electron chi connectivity index (χ3n) is 22.0. The van der Waals surface area contributed by atoms with Gasteiger partial charge in [-0.15, -0.1) is 0 Å². The van der Waals surface area contributed by atoms with Crippen LogP contribution in [0.15, 0.2) is 273 Å². The van der Waals surface area contributed by atoms with Gasteiger partial charge in [-0.25, -0.2) is 9.97 Å². The van der Waals surface area contributed by atoms with E-state index >= 15 is 0 Å². The van der Waals surface area contributed by atoms with E-state index in [1.807, 2.05) is 0 Å². The van der Waals surface area contributed by atoms with Crippen molar-refractivity contribution in [1.29, 1.82) is 0 Å². The SMILES string of the molecule is CC1(C)c2ccccc2-c2c1ccc1c3ccccc3n(-c3ccc(-c4ccc5nc(-c6cccc(-n7c8ccccc8c8ccc9c(c87)-c7ccccc7C9(C)C)c6)nc(-c6cccc(-n7c8ccccc8c8ccc9c(c87)-c7ccccc7C9(C)C)c6)c5c4)cc3)c21. The molecule has 13 aromatic carbocycles. The summed E-state index contributed by atoms with van der Waals surface area (Å²) in [7, 11) is 0. The quantitative estimate of drug-likeness (QED) is 0.166. The van der Waals surface area contributed by atoms with Crippen LogP contribution in [0.2, 0.25) is 0 Å². The first-order valence-corrected chi connectivity index (χ1v) is 33.1. The maximum Gasteiger partial charge on any atom is 0.160 e. The Kier molecular flexibility index (Phi) is 10.7. The van der Waals surface area contributed by atoms with Gasteiger partial charge in [0.1, 0.15) is 0 Å². The van der Waals surface area contributed by atoms with E-state index in [4.69, 9.17) is 9.97 Å². The first-order valence-electron chi connectivity index (χ1n) is 33.1. The summed E-state index contributed by atoms with van der Waals surface area (Å²) in [4.78, 5) is 11.4. The summed E-state index contributed by atoms with van der Waals surface area (Å²) >= 11 is 0. The molecule has 0 aliphatic heterocycles. The van der Waals surface area contributed by atoms with Crippen LogP contribution in [-0.2, 0) is 16.2 Å². The molecule has 20 rings (SSSR count). The monoisotopic (exact) mass is 1200 g/mol. The third-order valence-corrected chi connectivity index (χ3v) is 22.0. The van der Waals surface area contributed by atoms with Crippen LogP contribution in [0.3, 0.4) is 0 Å². The summed E-state index contributed by atoms with van der Waals surface area (Å²) in [6.07, 6.45) is 0. The Morgan fingerprint density at radius 3 is 1.12 bits per heavy atom. The van der Waals surface area contributed by atoms with Crippen molar-refractivity contribution in [3.63, 3.8) is 0 Å². The summed E-state index contributed by atoms with van der Waals surface area (Å²) in [5, 5.41) is 8.46. The zero-order valence-electron chi connectivity index (χ0n) is 53.2. The van der Waals surface area contributed by atoms with Crippen molar-refractivity contribution in [3.05, 3.63) is 306 Å². The van der Waals surface area contributed by atoms with Gasteiger partial charge < -0.3 is 13.7 Å². The van der Waals surface area contributed by atoms with Crippen LogP contribution in [0.5, 0.6) is 0 Å². The predicted molar refractivity (Wildman–Crippen MR) is 392 cm³/mol. The van der Waals surface area contributed by atoms with Gasteiger partial charge in [0.2, 0.25) is 0 Å². The Labute approximate surface area is 545 Å². The van der Waals surface area contributed by atoms with Gasteiger partial charge in [-0.3, -0.25) is 0 Å². The van der Waals surface area contributed by atoms with Crippen LogP contribution in [0.1, 0.15) is 74.9 Å². The second kappa shape index (κ2) is 18.9. The molecule has 0 bridgehead atoms. The van der Waals surface area contributed by atoms with Crippen LogP contribution in [0.25, 0.3) is 161 Å². The van der Waals surface area contributed by atoms with Crippen molar-refractivity contribution in [2.75, 3.05) is 0 Å². The molecule has 17 aromatic rings. The fraction of sp³-hybridized carbons (Fsp3) is 0.101. The third kappa shape index (κ3) is 7.08. The number of aromatic nitrogens is 5. The largest absolute Gasteiger partial charge is 0.309 e. The molecule has 0 spiro atoms. The minimum absolute atomic E-state index is 0.120. The zero-order chi connectivity index (χ0) is 62.7. The number of hydrogen-bond donors (Lipinski definition) is 0. The fourth-order valence-electron chi connectivity index (χ4n) is 17.6. The first-order chi connectivity index (χ1) is 45.9. The Balaban J connectivity index is 0.784. The van der Waals surface area contributed by atoms with Gasteiger partial charge in [-0.05, 0) is 128 Å².